The molecule has 0 aliphatic rings. The molecule has 1 aromatic rings. The maximum Gasteiger partial charge on any atom is 0.280 e. The summed E-state index contributed by atoms with van der Waals surface area (Å²) in [6.45, 7) is 1.66. The Morgan fingerprint density at radius 1 is 1.24 bits per heavy atom. The first-order valence-corrected chi connectivity index (χ1v) is 7.82. The van der Waals surface area contributed by atoms with Gasteiger partial charge in [-0.1, -0.05) is 0 Å². The molecule has 0 aliphatic heterocycles. The van der Waals surface area contributed by atoms with Crippen LogP contribution in [-0.2, 0) is 15.6 Å². The zero-order valence-electron chi connectivity index (χ0n) is 11.3. The SMILES string of the molecule is CC(N)CCS(=O)(=O)Cc1ccc([N+](=O)[O-])cc1[N+](=O)[O-]. The van der Waals surface area contributed by atoms with Gasteiger partial charge in [-0.3, -0.25) is 20.2 Å². The number of hydrogen-bond donors (Lipinski definition) is 1. The van der Waals surface area contributed by atoms with Crippen LogP contribution in [0, 0.1) is 20.2 Å². The van der Waals surface area contributed by atoms with Crippen LogP contribution in [0.5, 0.6) is 0 Å². The lowest BCUT2D eigenvalue weighted by molar-refractivity contribution is -0.394. The molecule has 1 unspecified atom stereocenters. The fraction of sp³-hybridized carbons (Fsp3) is 0.455. The molecule has 10 heteroatoms. The molecule has 0 spiro atoms. The van der Waals surface area contributed by atoms with Crippen LogP contribution >= 0.6 is 0 Å². The van der Waals surface area contributed by atoms with Crippen LogP contribution in [0.4, 0.5) is 11.4 Å². The summed E-state index contributed by atoms with van der Waals surface area (Å²) in [4.78, 5) is 19.9. The van der Waals surface area contributed by atoms with Gasteiger partial charge in [0.1, 0.15) is 0 Å². The highest BCUT2D eigenvalue weighted by Crippen LogP contribution is 2.26. The van der Waals surface area contributed by atoms with Crippen molar-refractivity contribution in [2.45, 2.75) is 25.1 Å². The molecular weight excluding hydrogens is 302 g/mol. The average molecular weight is 317 g/mol. The van der Waals surface area contributed by atoms with Crippen LogP contribution in [0.1, 0.15) is 18.9 Å². The predicted octanol–water partition coefficient (Wildman–Crippen LogP) is 1.16. The highest BCUT2D eigenvalue weighted by molar-refractivity contribution is 7.90. The largest absolute Gasteiger partial charge is 0.328 e. The standard InChI is InChI=1S/C11H15N3O6S/c1-8(12)4-5-21(19,20)7-9-2-3-10(13(15)16)6-11(9)14(17)18/h2-3,6,8H,4-5,7,12H2,1H3. The van der Waals surface area contributed by atoms with Crippen molar-refractivity contribution in [2.75, 3.05) is 5.75 Å². The summed E-state index contributed by atoms with van der Waals surface area (Å²) in [6, 6.07) is 2.60. The Balaban J connectivity index is 3.08. The lowest BCUT2D eigenvalue weighted by Crippen LogP contribution is -2.21. The van der Waals surface area contributed by atoms with E-state index in [4.69, 9.17) is 5.73 Å². The number of nitro groups is 2. The van der Waals surface area contributed by atoms with Crippen LogP contribution in [0.2, 0.25) is 0 Å². The maximum absolute atomic E-state index is 11.9. The second-order valence-corrected chi connectivity index (χ2v) is 6.87. The Bertz CT molecular complexity index is 656. The predicted molar refractivity (Wildman–Crippen MR) is 75.5 cm³/mol. The van der Waals surface area contributed by atoms with Crippen LogP contribution in [0.3, 0.4) is 0 Å². The Labute approximate surface area is 121 Å². The fourth-order valence-corrected chi connectivity index (χ4v) is 3.23. The minimum absolute atomic E-state index is 0.0738. The highest BCUT2D eigenvalue weighted by Gasteiger charge is 2.23. The molecular formula is C11H15N3O6S. The van der Waals surface area contributed by atoms with E-state index in [1.165, 1.54) is 0 Å². The summed E-state index contributed by atoms with van der Waals surface area (Å²) in [5, 5.41) is 21.5. The molecule has 0 aliphatic carbocycles. The zero-order valence-corrected chi connectivity index (χ0v) is 12.1. The maximum atomic E-state index is 11.9. The third-order valence-electron chi connectivity index (χ3n) is 2.74. The van der Waals surface area contributed by atoms with Crippen LogP contribution in [-0.4, -0.2) is 30.1 Å². The van der Waals surface area contributed by atoms with E-state index in [0.717, 1.165) is 18.2 Å². The molecule has 0 radical (unpaired) electrons. The first kappa shape index (κ1) is 17.0. The van der Waals surface area contributed by atoms with Gasteiger partial charge in [0, 0.05) is 17.7 Å². The molecule has 0 aromatic heterocycles. The Hall–Kier alpha value is -2.07. The van der Waals surface area contributed by atoms with Crippen molar-refractivity contribution < 1.29 is 18.3 Å². The summed E-state index contributed by atoms with van der Waals surface area (Å²) in [6.07, 6.45) is 0.239. The molecule has 0 bridgehead atoms. The number of nitro benzene ring substituents is 2. The Morgan fingerprint density at radius 3 is 2.33 bits per heavy atom. The molecule has 1 rings (SSSR count). The van der Waals surface area contributed by atoms with Crippen molar-refractivity contribution in [1.82, 2.24) is 0 Å². The van der Waals surface area contributed by atoms with E-state index in [1.807, 2.05) is 0 Å². The van der Waals surface area contributed by atoms with Gasteiger partial charge in [0.25, 0.3) is 11.4 Å². The van der Waals surface area contributed by atoms with Gasteiger partial charge in [-0.15, -0.1) is 0 Å². The van der Waals surface area contributed by atoms with E-state index in [0.29, 0.717) is 0 Å². The van der Waals surface area contributed by atoms with E-state index in [-0.39, 0.29) is 23.8 Å². The van der Waals surface area contributed by atoms with E-state index in [2.05, 4.69) is 0 Å². The Morgan fingerprint density at radius 2 is 1.86 bits per heavy atom. The zero-order chi connectivity index (χ0) is 16.2. The normalized spacial score (nSPS) is 12.9. The summed E-state index contributed by atoms with van der Waals surface area (Å²) in [5.41, 5.74) is 4.37. The molecule has 1 aromatic carbocycles. The second-order valence-electron chi connectivity index (χ2n) is 4.69. The molecule has 21 heavy (non-hydrogen) atoms. The number of benzene rings is 1. The molecule has 1 atom stereocenters. The van der Waals surface area contributed by atoms with E-state index < -0.39 is 36.8 Å². The number of nitrogens with zero attached hydrogens (tertiary/aromatic N) is 2. The molecule has 0 fully saturated rings. The number of non-ortho nitro benzene ring substituents is 1. The third kappa shape index (κ3) is 5.08. The number of nitrogens with two attached hydrogens (primary N) is 1. The van der Waals surface area contributed by atoms with Crippen molar-refractivity contribution in [3.05, 3.63) is 44.0 Å². The number of rotatable bonds is 7. The van der Waals surface area contributed by atoms with Crippen LogP contribution < -0.4 is 5.73 Å². The second kappa shape index (κ2) is 6.59. The summed E-state index contributed by atoms with van der Waals surface area (Å²) >= 11 is 0. The van der Waals surface area contributed by atoms with Crippen molar-refractivity contribution >= 4 is 21.2 Å². The molecule has 0 heterocycles. The van der Waals surface area contributed by atoms with Crippen LogP contribution in [0.15, 0.2) is 18.2 Å². The minimum Gasteiger partial charge on any atom is -0.328 e. The van der Waals surface area contributed by atoms with Crippen molar-refractivity contribution in [1.29, 1.82) is 0 Å². The van der Waals surface area contributed by atoms with Gasteiger partial charge in [0.15, 0.2) is 9.84 Å². The van der Waals surface area contributed by atoms with Crippen molar-refractivity contribution in [3.63, 3.8) is 0 Å². The molecule has 0 saturated heterocycles. The fourth-order valence-electron chi connectivity index (χ4n) is 1.63. The van der Waals surface area contributed by atoms with E-state index in [9.17, 15) is 28.6 Å². The van der Waals surface area contributed by atoms with Crippen molar-refractivity contribution in [2.24, 2.45) is 5.73 Å². The summed E-state index contributed by atoms with van der Waals surface area (Å²) in [7, 11) is -3.57. The quantitative estimate of drug-likeness (QED) is 0.586. The van der Waals surface area contributed by atoms with Gasteiger partial charge in [-0.05, 0) is 19.4 Å². The van der Waals surface area contributed by atoms with Gasteiger partial charge >= 0.3 is 0 Å². The molecule has 2 N–H and O–H groups in total. The first-order valence-electron chi connectivity index (χ1n) is 6.00. The average Bonchev–Trinajstić information content (AvgIpc) is 2.36. The van der Waals surface area contributed by atoms with Gasteiger partial charge in [-0.2, -0.15) is 0 Å². The number of sulfone groups is 1. The van der Waals surface area contributed by atoms with Gasteiger partial charge in [0.05, 0.1) is 27.4 Å². The topological polar surface area (TPSA) is 146 Å². The minimum atomic E-state index is -3.57. The van der Waals surface area contributed by atoms with Gasteiger partial charge < -0.3 is 5.73 Å². The van der Waals surface area contributed by atoms with E-state index in [1.54, 1.807) is 6.92 Å². The lowest BCUT2D eigenvalue weighted by Gasteiger charge is -2.07. The Kier molecular flexibility index (Phi) is 5.33. The lowest BCUT2D eigenvalue weighted by atomic mass is 10.2. The monoisotopic (exact) mass is 317 g/mol. The summed E-state index contributed by atoms with van der Waals surface area (Å²) < 4.78 is 23.8. The highest BCUT2D eigenvalue weighted by atomic mass is 32.2. The van der Waals surface area contributed by atoms with E-state index >= 15 is 0 Å². The van der Waals surface area contributed by atoms with Crippen LogP contribution in [0.25, 0.3) is 0 Å². The molecule has 9 nitrogen and oxygen atoms in total. The molecule has 0 saturated carbocycles. The molecule has 116 valence electrons. The number of hydrogen-bond acceptors (Lipinski definition) is 7. The van der Waals surface area contributed by atoms with Crippen molar-refractivity contribution in [3.8, 4) is 0 Å². The smallest absolute Gasteiger partial charge is 0.280 e. The van der Waals surface area contributed by atoms with Gasteiger partial charge in [0.2, 0.25) is 0 Å². The summed E-state index contributed by atoms with van der Waals surface area (Å²) in [5.74, 6) is -0.743. The molecule has 0 amide bonds. The third-order valence-corrected chi connectivity index (χ3v) is 4.34. The van der Waals surface area contributed by atoms with Gasteiger partial charge in [-0.25, -0.2) is 8.42 Å². The first-order chi connectivity index (χ1) is 9.62.